The van der Waals surface area contributed by atoms with Gasteiger partial charge in [-0.25, -0.2) is 9.50 Å². The number of likely N-dealkylation sites (tertiary alicyclic amines) is 1. The molecule has 5 rings (SSSR count). The predicted octanol–water partition coefficient (Wildman–Crippen LogP) is 3.37. The van der Waals surface area contributed by atoms with Crippen LogP contribution in [0.2, 0.25) is 0 Å². The molecule has 4 aromatic rings. The largest absolute Gasteiger partial charge is 0.468 e. The van der Waals surface area contributed by atoms with Crippen molar-refractivity contribution in [3.05, 3.63) is 72.8 Å². The number of hydrogen-bond acceptors (Lipinski definition) is 5. The second-order valence-corrected chi connectivity index (χ2v) is 6.73. The normalized spacial score (nSPS) is 17.9. The summed E-state index contributed by atoms with van der Waals surface area (Å²) in [7, 11) is 0. The molecule has 0 bridgehead atoms. The van der Waals surface area contributed by atoms with Crippen molar-refractivity contribution in [1.82, 2.24) is 24.5 Å². The predicted molar refractivity (Wildman–Crippen MR) is 97.6 cm³/mol. The van der Waals surface area contributed by atoms with Crippen LogP contribution in [-0.4, -0.2) is 37.6 Å². The first kappa shape index (κ1) is 15.3. The van der Waals surface area contributed by atoms with Gasteiger partial charge in [-0.1, -0.05) is 6.07 Å². The molecule has 4 aromatic heterocycles. The molecule has 26 heavy (non-hydrogen) atoms. The molecule has 0 amide bonds. The van der Waals surface area contributed by atoms with Crippen LogP contribution in [0.4, 0.5) is 0 Å². The standard InChI is InChI=1S/C20H19N5O/c1-3-15(11-21-8-1)16-5-6-19-22-20(23-25(19)13-16)17-7-9-24(12-17)14-18-4-2-10-26-18/h1-6,8,10-11,13,17H,7,9,12,14H2/t17-/m0/s1. The van der Waals surface area contributed by atoms with E-state index in [4.69, 9.17) is 14.5 Å². The molecule has 6 heteroatoms. The zero-order chi connectivity index (χ0) is 17.3. The van der Waals surface area contributed by atoms with Gasteiger partial charge in [0.2, 0.25) is 0 Å². The maximum absolute atomic E-state index is 5.46. The van der Waals surface area contributed by atoms with Crippen molar-refractivity contribution in [2.24, 2.45) is 0 Å². The van der Waals surface area contributed by atoms with Crippen molar-refractivity contribution in [2.75, 3.05) is 13.1 Å². The van der Waals surface area contributed by atoms with Crippen LogP contribution in [-0.2, 0) is 6.54 Å². The van der Waals surface area contributed by atoms with Crippen molar-refractivity contribution in [3.63, 3.8) is 0 Å². The fourth-order valence-electron chi connectivity index (χ4n) is 3.59. The molecule has 130 valence electrons. The number of furan rings is 1. The summed E-state index contributed by atoms with van der Waals surface area (Å²) in [5, 5.41) is 4.75. The maximum Gasteiger partial charge on any atom is 0.156 e. The Bertz CT molecular complexity index is 1010. The quantitative estimate of drug-likeness (QED) is 0.567. The third-order valence-corrected chi connectivity index (χ3v) is 4.94. The summed E-state index contributed by atoms with van der Waals surface area (Å²) >= 11 is 0. The number of hydrogen-bond donors (Lipinski definition) is 0. The molecular formula is C20H19N5O. The van der Waals surface area contributed by atoms with Gasteiger partial charge in [-0.3, -0.25) is 9.88 Å². The van der Waals surface area contributed by atoms with Gasteiger partial charge in [0.05, 0.1) is 12.8 Å². The van der Waals surface area contributed by atoms with Crippen LogP contribution in [0.3, 0.4) is 0 Å². The Morgan fingerprint density at radius 1 is 1.12 bits per heavy atom. The van der Waals surface area contributed by atoms with Crippen molar-refractivity contribution in [1.29, 1.82) is 0 Å². The minimum atomic E-state index is 0.367. The van der Waals surface area contributed by atoms with E-state index in [1.54, 1.807) is 12.5 Å². The zero-order valence-corrected chi connectivity index (χ0v) is 14.3. The molecule has 1 fully saturated rings. The summed E-state index contributed by atoms with van der Waals surface area (Å²) in [5.41, 5.74) is 3.06. The van der Waals surface area contributed by atoms with Crippen molar-refractivity contribution >= 4 is 5.65 Å². The maximum atomic E-state index is 5.46. The molecule has 5 heterocycles. The Morgan fingerprint density at radius 2 is 2.12 bits per heavy atom. The molecular weight excluding hydrogens is 326 g/mol. The van der Waals surface area contributed by atoms with E-state index in [0.29, 0.717) is 5.92 Å². The minimum absolute atomic E-state index is 0.367. The van der Waals surface area contributed by atoms with Gasteiger partial charge in [0, 0.05) is 42.2 Å². The van der Waals surface area contributed by atoms with E-state index in [1.807, 2.05) is 41.2 Å². The first-order valence-corrected chi connectivity index (χ1v) is 8.86. The summed E-state index contributed by atoms with van der Waals surface area (Å²) in [5.74, 6) is 2.30. The average molecular weight is 345 g/mol. The number of pyridine rings is 2. The Labute approximate surface area is 151 Å². The lowest BCUT2D eigenvalue weighted by Crippen LogP contribution is -2.19. The van der Waals surface area contributed by atoms with Gasteiger partial charge in [-0.2, -0.15) is 5.10 Å². The first-order chi connectivity index (χ1) is 12.8. The number of fused-ring (bicyclic) bond motifs is 1. The van der Waals surface area contributed by atoms with E-state index in [9.17, 15) is 0 Å². The van der Waals surface area contributed by atoms with E-state index in [1.165, 1.54) is 0 Å². The monoisotopic (exact) mass is 345 g/mol. The summed E-state index contributed by atoms with van der Waals surface area (Å²) in [6.45, 7) is 2.86. The fourth-order valence-corrected chi connectivity index (χ4v) is 3.59. The van der Waals surface area contributed by atoms with E-state index < -0.39 is 0 Å². The van der Waals surface area contributed by atoms with Crippen molar-refractivity contribution in [3.8, 4) is 11.1 Å². The molecule has 1 aliphatic heterocycles. The number of rotatable bonds is 4. The SMILES string of the molecule is c1cncc(-c2ccc3nc([C@H]4CCN(Cc5ccco5)C4)nn3c2)c1. The minimum Gasteiger partial charge on any atom is -0.468 e. The van der Waals surface area contributed by atoms with Crippen LogP contribution < -0.4 is 0 Å². The highest BCUT2D eigenvalue weighted by Gasteiger charge is 2.27. The molecule has 0 aliphatic carbocycles. The molecule has 6 nitrogen and oxygen atoms in total. The molecule has 0 aromatic carbocycles. The van der Waals surface area contributed by atoms with E-state index in [2.05, 4.69) is 22.0 Å². The van der Waals surface area contributed by atoms with Gasteiger partial charge in [-0.05, 0) is 43.3 Å². The third-order valence-electron chi connectivity index (χ3n) is 4.94. The number of nitrogens with zero attached hydrogens (tertiary/aromatic N) is 5. The number of aromatic nitrogens is 4. The Morgan fingerprint density at radius 3 is 2.96 bits per heavy atom. The van der Waals surface area contributed by atoms with Gasteiger partial charge >= 0.3 is 0 Å². The second kappa shape index (κ2) is 6.38. The average Bonchev–Trinajstić information content (AvgIpc) is 3.42. The highest BCUT2D eigenvalue weighted by molar-refractivity contribution is 5.63. The molecule has 0 saturated carbocycles. The van der Waals surface area contributed by atoms with Crippen LogP contribution in [0, 0.1) is 0 Å². The smallest absolute Gasteiger partial charge is 0.156 e. The lowest BCUT2D eigenvalue weighted by atomic mass is 10.1. The Kier molecular flexibility index (Phi) is 3.75. The van der Waals surface area contributed by atoms with Crippen LogP contribution in [0.15, 0.2) is 65.7 Å². The molecule has 1 aliphatic rings. The zero-order valence-electron chi connectivity index (χ0n) is 14.3. The van der Waals surface area contributed by atoms with Crippen LogP contribution in [0.25, 0.3) is 16.8 Å². The summed E-state index contributed by atoms with van der Waals surface area (Å²) < 4.78 is 7.34. The summed E-state index contributed by atoms with van der Waals surface area (Å²) in [6, 6.07) is 12.0. The molecule has 0 spiro atoms. The first-order valence-electron chi connectivity index (χ1n) is 8.86. The van der Waals surface area contributed by atoms with Gasteiger partial charge in [0.1, 0.15) is 5.76 Å². The molecule has 1 saturated heterocycles. The van der Waals surface area contributed by atoms with Crippen LogP contribution in [0.1, 0.15) is 23.9 Å². The van der Waals surface area contributed by atoms with E-state index in [-0.39, 0.29) is 0 Å². The molecule has 1 atom stereocenters. The lowest BCUT2D eigenvalue weighted by Gasteiger charge is -2.12. The van der Waals surface area contributed by atoms with Gasteiger partial charge in [0.25, 0.3) is 0 Å². The van der Waals surface area contributed by atoms with Crippen LogP contribution >= 0.6 is 0 Å². The van der Waals surface area contributed by atoms with Crippen LogP contribution in [0.5, 0.6) is 0 Å². The topological polar surface area (TPSA) is 59.5 Å². The van der Waals surface area contributed by atoms with Crippen molar-refractivity contribution < 1.29 is 4.42 Å². The Balaban J connectivity index is 1.36. The highest BCUT2D eigenvalue weighted by Crippen LogP contribution is 2.27. The van der Waals surface area contributed by atoms with Gasteiger partial charge in [-0.15, -0.1) is 0 Å². The lowest BCUT2D eigenvalue weighted by molar-refractivity contribution is 0.293. The molecule has 0 radical (unpaired) electrons. The van der Waals surface area contributed by atoms with E-state index in [0.717, 1.165) is 54.4 Å². The fraction of sp³-hybridized carbons (Fsp3) is 0.250. The summed E-state index contributed by atoms with van der Waals surface area (Å²) in [4.78, 5) is 11.3. The summed E-state index contributed by atoms with van der Waals surface area (Å²) in [6.07, 6.45) is 8.48. The highest BCUT2D eigenvalue weighted by atomic mass is 16.3. The second-order valence-electron chi connectivity index (χ2n) is 6.73. The third kappa shape index (κ3) is 2.88. The van der Waals surface area contributed by atoms with Crippen molar-refractivity contribution in [2.45, 2.75) is 18.9 Å². The van der Waals surface area contributed by atoms with Gasteiger partial charge in [0.15, 0.2) is 11.5 Å². The molecule has 0 unspecified atom stereocenters. The van der Waals surface area contributed by atoms with Gasteiger partial charge < -0.3 is 4.42 Å². The molecule has 0 N–H and O–H groups in total. The Hall–Kier alpha value is -2.99. The van der Waals surface area contributed by atoms with E-state index >= 15 is 0 Å².